The summed E-state index contributed by atoms with van der Waals surface area (Å²) in [6, 6.07) is 10.5. The number of sulfone groups is 1. The molecule has 2 atom stereocenters. The minimum absolute atomic E-state index is 0.0321. The molecule has 1 aliphatic heterocycles. The van der Waals surface area contributed by atoms with Crippen LogP contribution in [-0.2, 0) is 21.1 Å². The monoisotopic (exact) mass is 564 g/mol. The van der Waals surface area contributed by atoms with E-state index in [1.165, 1.54) is 32.1 Å². The molecule has 4 fully saturated rings. The van der Waals surface area contributed by atoms with E-state index in [4.69, 9.17) is 9.40 Å². The average molecular weight is 565 g/mol. The van der Waals surface area contributed by atoms with Crippen LogP contribution < -0.4 is 10.2 Å². The molecule has 0 spiro atoms. The van der Waals surface area contributed by atoms with Crippen molar-refractivity contribution in [3.8, 4) is 17.3 Å². The highest BCUT2D eigenvalue weighted by Crippen LogP contribution is 2.44. The van der Waals surface area contributed by atoms with E-state index >= 15 is 0 Å². The maximum Gasteiger partial charge on any atom is 0.225 e. The first-order chi connectivity index (χ1) is 19.3. The molecule has 0 bridgehead atoms. The molecule has 1 aromatic heterocycles. The molecule has 1 saturated heterocycles. The summed E-state index contributed by atoms with van der Waals surface area (Å²) >= 11 is 0. The van der Waals surface area contributed by atoms with Gasteiger partial charge >= 0.3 is 0 Å². The topological polar surface area (TPSA) is 116 Å². The predicted octanol–water partition coefficient (Wildman–Crippen LogP) is 5.15. The van der Waals surface area contributed by atoms with E-state index in [2.05, 4.69) is 28.4 Å². The molecule has 0 radical (unpaired) electrons. The van der Waals surface area contributed by atoms with Gasteiger partial charge in [-0.2, -0.15) is 5.26 Å². The minimum atomic E-state index is -2.94. The van der Waals surface area contributed by atoms with Crippen molar-refractivity contribution in [2.24, 2.45) is 11.8 Å². The average Bonchev–Trinajstić information content (AvgIpc) is 3.63. The van der Waals surface area contributed by atoms with Gasteiger partial charge in [-0.05, 0) is 56.6 Å². The zero-order valence-electron chi connectivity index (χ0n) is 23.2. The highest BCUT2D eigenvalue weighted by molar-refractivity contribution is 7.91. The first-order valence-corrected chi connectivity index (χ1v) is 17.0. The van der Waals surface area contributed by atoms with E-state index in [-0.39, 0.29) is 29.2 Å². The molecule has 40 heavy (non-hydrogen) atoms. The summed E-state index contributed by atoms with van der Waals surface area (Å²) in [4.78, 5) is 20.6. The Balaban J connectivity index is 1.29. The lowest BCUT2D eigenvalue weighted by Crippen LogP contribution is -2.42. The first kappa shape index (κ1) is 27.3. The lowest BCUT2D eigenvalue weighted by molar-refractivity contribution is -0.127. The van der Waals surface area contributed by atoms with Crippen molar-refractivity contribution in [2.75, 3.05) is 29.5 Å². The summed E-state index contributed by atoms with van der Waals surface area (Å²) in [7, 11) is -2.94. The number of benzene rings is 1. The normalized spacial score (nSPS) is 26.1. The van der Waals surface area contributed by atoms with Crippen LogP contribution >= 0.6 is 0 Å². The number of amides is 1. The molecule has 214 valence electrons. The fraction of sp³-hybridized carbons (Fsp3) is 0.645. The number of oxazole rings is 1. The zero-order valence-corrected chi connectivity index (χ0v) is 24.1. The maximum absolute atomic E-state index is 13.5. The standard InChI is InChI=1S/C31H40N4O4S/c32-21-31(14-15-31)34-30(36)26-9-5-4-8-25(26)29-28(33-27(39-29)20-22-6-2-1-3-7-22)23-10-12-24(13-11-23)35-16-18-40(37,38)19-17-35/h10-13,22,25-26H,1-9,14-20H2,(H,34,36)/t25-,26-/m1/s1. The molecule has 3 saturated carbocycles. The highest BCUT2D eigenvalue weighted by Gasteiger charge is 2.47. The second-order valence-corrected chi connectivity index (χ2v) is 14.7. The number of nitrogens with zero attached hydrogens (tertiary/aromatic N) is 3. The fourth-order valence-electron chi connectivity index (χ4n) is 6.84. The predicted molar refractivity (Wildman–Crippen MR) is 154 cm³/mol. The number of rotatable bonds is 7. The molecule has 9 heteroatoms. The molecular weight excluding hydrogens is 524 g/mol. The van der Waals surface area contributed by atoms with Crippen molar-refractivity contribution in [1.29, 1.82) is 5.26 Å². The van der Waals surface area contributed by atoms with Gasteiger partial charge in [-0.15, -0.1) is 0 Å². The molecule has 1 amide bonds. The van der Waals surface area contributed by atoms with Gasteiger partial charge in [-0.25, -0.2) is 13.4 Å². The van der Waals surface area contributed by atoms with Crippen molar-refractivity contribution in [1.82, 2.24) is 10.3 Å². The number of nitrogens with one attached hydrogen (secondary N) is 1. The lowest BCUT2D eigenvalue weighted by atomic mass is 9.76. The Labute approximate surface area is 237 Å². The molecule has 2 heterocycles. The fourth-order valence-corrected chi connectivity index (χ4v) is 8.04. The van der Waals surface area contributed by atoms with Crippen LogP contribution in [-0.4, -0.2) is 49.4 Å². The number of aromatic nitrogens is 1. The van der Waals surface area contributed by atoms with Crippen LogP contribution in [0.2, 0.25) is 0 Å². The summed E-state index contributed by atoms with van der Waals surface area (Å²) in [6.45, 7) is 1.01. The van der Waals surface area contributed by atoms with E-state index in [0.29, 0.717) is 19.0 Å². The molecule has 2 aromatic rings. The summed E-state index contributed by atoms with van der Waals surface area (Å²) in [6.07, 6.45) is 12.2. The number of hydrogen-bond donors (Lipinski definition) is 1. The van der Waals surface area contributed by atoms with Crippen LogP contribution in [0.25, 0.3) is 11.3 Å². The largest absolute Gasteiger partial charge is 0.445 e. The number of carbonyl (C=O) groups is 1. The third-order valence-corrected chi connectivity index (χ3v) is 11.1. The van der Waals surface area contributed by atoms with Gasteiger partial charge in [0.05, 0.1) is 17.6 Å². The van der Waals surface area contributed by atoms with Crippen LogP contribution in [0.4, 0.5) is 5.69 Å². The summed E-state index contributed by atoms with van der Waals surface area (Å²) < 4.78 is 30.4. The number of anilines is 1. The molecule has 3 aliphatic carbocycles. The summed E-state index contributed by atoms with van der Waals surface area (Å²) in [5.74, 6) is 2.20. The smallest absolute Gasteiger partial charge is 0.225 e. The lowest BCUT2D eigenvalue weighted by Gasteiger charge is -2.30. The number of nitriles is 1. The van der Waals surface area contributed by atoms with Crippen molar-refractivity contribution < 1.29 is 17.6 Å². The third kappa shape index (κ3) is 5.93. The Kier molecular flexibility index (Phi) is 7.64. The molecule has 6 rings (SSSR count). The number of carbonyl (C=O) groups excluding carboxylic acids is 1. The molecular formula is C31H40N4O4S. The SMILES string of the molecule is N#CC1(NC(=O)[C@@H]2CCCC[C@H]2c2oc(CC3CCCCC3)nc2-c2ccc(N3CCS(=O)(=O)CC3)cc2)CC1. The Hall–Kier alpha value is -2.86. The minimum Gasteiger partial charge on any atom is -0.445 e. The van der Waals surface area contributed by atoms with Crippen molar-refractivity contribution in [3.63, 3.8) is 0 Å². The van der Waals surface area contributed by atoms with E-state index in [1.807, 2.05) is 12.1 Å². The van der Waals surface area contributed by atoms with Crippen LogP contribution in [0.3, 0.4) is 0 Å². The van der Waals surface area contributed by atoms with E-state index in [0.717, 1.165) is 73.5 Å². The van der Waals surface area contributed by atoms with Crippen molar-refractivity contribution in [2.45, 2.75) is 88.5 Å². The first-order valence-electron chi connectivity index (χ1n) is 15.1. The molecule has 4 aliphatic rings. The quantitative estimate of drug-likeness (QED) is 0.495. The Morgan fingerprint density at radius 2 is 1.70 bits per heavy atom. The van der Waals surface area contributed by atoms with Gasteiger partial charge in [0.25, 0.3) is 0 Å². The molecule has 0 unspecified atom stereocenters. The van der Waals surface area contributed by atoms with E-state index in [1.54, 1.807) is 0 Å². The molecule has 8 nitrogen and oxygen atoms in total. The van der Waals surface area contributed by atoms with Gasteiger partial charge in [0, 0.05) is 42.6 Å². The Morgan fingerprint density at radius 3 is 2.38 bits per heavy atom. The maximum atomic E-state index is 13.5. The zero-order chi connectivity index (χ0) is 27.7. The highest BCUT2D eigenvalue weighted by atomic mass is 32.2. The summed E-state index contributed by atoms with van der Waals surface area (Å²) in [5.41, 5.74) is 2.11. The Morgan fingerprint density at radius 1 is 1.02 bits per heavy atom. The second-order valence-electron chi connectivity index (χ2n) is 12.4. The van der Waals surface area contributed by atoms with Gasteiger partial charge in [0.2, 0.25) is 5.91 Å². The van der Waals surface area contributed by atoms with Crippen LogP contribution in [0.1, 0.15) is 88.2 Å². The van der Waals surface area contributed by atoms with Crippen LogP contribution in [0.5, 0.6) is 0 Å². The van der Waals surface area contributed by atoms with Gasteiger partial charge < -0.3 is 14.6 Å². The number of hydrogen-bond acceptors (Lipinski definition) is 7. The summed E-state index contributed by atoms with van der Waals surface area (Å²) in [5, 5.41) is 12.6. The molecule has 1 aromatic carbocycles. The van der Waals surface area contributed by atoms with Gasteiger partial charge in [-0.1, -0.05) is 44.2 Å². The van der Waals surface area contributed by atoms with Crippen molar-refractivity contribution in [3.05, 3.63) is 35.9 Å². The van der Waals surface area contributed by atoms with Gasteiger partial charge in [-0.3, -0.25) is 4.79 Å². The van der Waals surface area contributed by atoms with Gasteiger partial charge in [0.15, 0.2) is 15.7 Å². The van der Waals surface area contributed by atoms with Crippen molar-refractivity contribution >= 4 is 21.4 Å². The second kappa shape index (κ2) is 11.2. The van der Waals surface area contributed by atoms with Crippen LogP contribution in [0, 0.1) is 23.2 Å². The molecule has 1 N–H and O–H groups in total. The third-order valence-electron chi connectivity index (χ3n) is 9.50. The van der Waals surface area contributed by atoms with E-state index < -0.39 is 15.4 Å². The van der Waals surface area contributed by atoms with Gasteiger partial charge in [0.1, 0.15) is 17.0 Å². The van der Waals surface area contributed by atoms with E-state index in [9.17, 15) is 18.5 Å². The van der Waals surface area contributed by atoms with Crippen LogP contribution in [0.15, 0.2) is 28.7 Å². The Bertz CT molecular complexity index is 1350.